The molecule has 0 bridgehead atoms. The Morgan fingerprint density at radius 1 is 1.25 bits per heavy atom. The number of aliphatic hydroxyl groups excluding tert-OH is 3. The molecule has 0 radical (unpaired) electrons. The highest BCUT2D eigenvalue weighted by Crippen LogP contribution is 2.53. The molecular weight excluding hydrogens is 420 g/mol. The van der Waals surface area contributed by atoms with Gasteiger partial charge in [0.1, 0.15) is 37.1 Å². The first kappa shape index (κ1) is 23.4. The lowest BCUT2D eigenvalue weighted by molar-refractivity contribution is -0.329. The molecule has 2 aliphatic heterocycles. The molecule has 9 nitrogen and oxygen atoms in total. The van der Waals surface area contributed by atoms with Gasteiger partial charge < -0.3 is 34.3 Å². The molecule has 178 valence electrons. The van der Waals surface area contributed by atoms with E-state index < -0.39 is 42.3 Å². The quantitative estimate of drug-likeness (QED) is 0.319. The van der Waals surface area contributed by atoms with Gasteiger partial charge in [0.05, 0.1) is 5.60 Å². The van der Waals surface area contributed by atoms with E-state index in [0.29, 0.717) is 18.4 Å². The second kappa shape index (κ2) is 8.53. The third-order valence-electron chi connectivity index (χ3n) is 7.60. The van der Waals surface area contributed by atoms with Gasteiger partial charge in [0.15, 0.2) is 6.29 Å². The van der Waals surface area contributed by atoms with Gasteiger partial charge in [0.2, 0.25) is 0 Å². The van der Waals surface area contributed by atoms with Gasteiger partial charge in [0, 0.05) is 18.4 Å². The van der Waals surface area contributed by atoms with E-state index in [9.17, 15) is 24.9 Å². The normalized spacial score (nSPS) is 46.1. The van der Waals surface area contributed by atoms with Crippen molar-refractivity contribution in [2.75, 3.05) is 6.61 Å². The second-order valence-electron chi connectivity index (χ2n) is 9.65. The number of carbonyl (C=O) groups excluding carboxylic acids is 2. The highest BCUT2D eigenvalue weighted by Gasteiger charge is 2.55. The molecule has 3 N–H and O–H groups in total. The largest absolute Gasteiger partial charge is 0.463 e. The Morgan fingerprint density at radius 3 is 2.66 bits per heavy atom. The fraction of sp³-hybridized carbons (Fsp3) is 0.739. The molecule has 4 rings (SSSR count). The van der Waals surface area contributed by atoms with Crippen LogP contribution in [-0.2, 0) is 28.5 Å². The fourth-order valence-electron chi connectivity index (χ4n) is 5.69. The number of esters is 2. The Labute approximate surface area is 187 Å². The summed E-state index contributed by atoms with van der Waals surface area (Å²) in [5, 5.41) is 31.1. The number of carbonyl (C=O) groups is 2. The molecule has 4 aliphatic rings. The van der Waals surface area contributed by atoms with Crippen LogP contribution in [-0.4, -0.2) is 76.3 Å². The van der Waals surface area contributed by atoms with E-state index in [0.717, 1.165) is 12.0 Å². The minimum absolute atomic E-state index is 0.00622. The van der Waals surface area contributed by atoms with Crippen LogP contribution in [0.5, 0.6) is 0 Å². The van der Waals surface area contributed by atoms with Gasteiger partial charge in [-0.05, 0) is 51.0 Å². The van der Waals surface area contributed by atoms with Crippen molar-refractivity contribution < 1.29 is 43.9 Å². The lowest BCUT2D eigenvalue weighted by atomic mass is 9.78. The van der Waals surface area contributed by atoms with E-state index >= 15 is 0 Å². The van der Waals surface area contributed by atoms with Gasteiger partial charge >= 0.3 is 11.9 Å². The average Bonchev–Trinajstić information content (AvgIpc) is 3.13. The SMILES string of the molecule is C=C1C(=O)O[C@@H]2C=C(C)[C@@H]3CC[C@@](C)(O[C@@H]4O[C@H](COC(C)=O)[C@@H](O)[C@H](O)[C@H]4O)[C@@H]3C[C@H]12. The molecule has 32 heavy (non-hydrogen) atoms. The monoisotopic (exact) mass is 452 g/mol. The molecule has 9 heteroatoms. The summed E-state index contributed by atoms with van der Waals surface area (Å²) in [4.78, 5) is 23.2. The van der Waals surface area contributed by atoms with E-state index in [4.69, 9.17) is 18.9 Å². The van der Waals surface area contributed by atoms with Crippen molar-refractivity contribution in [2.45, 2.75) is 82.4 Å². The van der Waals surface area contributed by atoms with Gasteiger partial charge in [-0.25, -0.2) is 4.79 Å². The Bertz CT molecular complexity index is 822. The van der Waals surface area contributed by atoms with Gasteiger partial charge in [-0.15, -0.1) is 0 Å². The van der Waals surface area contributed by atoms with Crippen LogP contribution in [0.1, 0.15) is 40.0 Å². The molecule has 2 saturated heterocycles. The van der Waals surface area contributed by atoms with Crippen LogP contribution in [0.3, 0.4) is 0 Å². The third-order valence-corrected chi connectivity index (χ3v) is 7.60. The van der Waals surface area contributed by atoms with Crippen molar-refractivity contribution in [3.63, 3.8) is 0 Å². The Morgan fingerprint density at radius 2 is 1.97 bits per heavy atom. The first-order valence-electron chi connectivity index (χ1n) is 11.1. The number of fused-ring (bicyclic) bond motifs is 2. The van der Waals surface area contributed by atoms with Crippen LogP contribution in [0.2, 0.25) is 0 Å². The molecule has 0 aromatic heterocycles. The maximum absolute atomic E-state index is 12.1. The smallest absolute Gasteiger partial charge is 0.334 e. The third kappa shape index (κ3) is 4.01. The van der Waals surface area contributed by atoms with Crippen molar-refractivity contribution in [1.29, 1.82) is 0 Å². The first-order chi connectivity index (χ1) is 15.0. The van der Waals surface area contributed by atoms with E-state index in [1.54, 1.807) is 0 Å². The van der Waals surface area contributed by atoms with Gasteiger partial charge in [-0.2, -0.15) is 0 Å². The predicted molar refractivity (Wildman–Crippen MR) is 110 cm³/mol. The highest BCUT2D eigenvalue weighted by molar-refractivity contribution is 5.91. The van der Waals surface area contributed by atoms with Crippen molar-refractivity contribution in [3.05, 3.63) is 23.8 Å². The van der Waals surface area contributed by atoms with Crippen LogP contribution >= 0.6 is 0 Å². The maximum Gasteiger partial charge on any atom is 0.334 e. The molecule has 0 aromatic carbocycles. The standard InChI is InChI=1S/C23H32O9/c1-10-7-16-14(11(2)21(28)30-16)8-15-13(10)5-6-23(15,4)32-22-20(27)19(26)18(25)17(31-22)9-29-12(3)24/h7,13-20,22,25-27H,2,5-6,8-9H2,1,3-4H3/t13-,14+,15+,16+,17+,18+,19-,20+,22-,23+/m0/s1. The Hall–Kier alpha value is -1.78. The number of hydrogen-bond acceptors (Lipinski definition) is 9. The summed E-state index contributed by atoms with van der Waals surface area (Å²) in [5.74, 6) is -0.848. The molecule has 0 amide bonds. The lowest BCUT2D eigenvalue weighted by Crippen LogP contribution is -2.61. The van der Waals surface area contributed by atoms with Crippen molar-refractivity contribution in [3.8, 4) is 0 Å². The van der Waals surface area contributed by atoms with E-state index in [2.05, 4.69) is 6.58 Å². The molecule has 3 fully saturated rings. The second-order valence-corrected chi connectivity index (χ2v) is 9.65. The lowest BCUT2D eigenvalue weighted by Gasteiger charge is -2.45. The summed E-state index contributed by atoms with van der Waals surface area (Å²) >= 11 is 0. The number of ether oxygens (including phenoxy) is 4. The van der Waals surface area contributed by atoms with Gasteiger partial charge in [-0.3, -0.25) is 4.79 Å². The fourth-order valence-corrected chi connectivity index (χ4v) is 5.69. The summed E-state index contributed by atoms with van der Waals surface area (Å²) < 4.78 is 22.5. The molecule has 10 atom stereocenters. The van der Waals surface area contributed by atoms with Crippen LogP contribution in [0, 0.1) is 17.8 Å². The van der Waals surface area contributed by atoms with Crippen LogP contribution < -0.4 is 0 Å². The predicted octanol–water partition coefficient (Wildman–Crippen LogP) is 0.606. The Balaban J connectivity index is 1.54. The minimum atomic E-state index is -1.52. The van der Waals surface area contributed by atoms with Crippen LogP contribution in [0.15, 0.2) is 23.8 Å². The minimum Gasteiger partial charge on any atom is -0.463 e. The van der Waals surface area contributed by atoms with Gasteiger partial charge in [-0.1, -0.05) is 12.2 Å². The zero-order valence-electron chi connectivity index (χ0n) is 18.6. The van der Waals surface area contributed by atoms with E-state index in [1.807, 2.05) is 19.9 Å². The zero-order chi connectivity index (χ0) is 23.4. The summed E-state index contributed by atoms with van der Waals surface area (Å²) in [6, 6.07) is 0. The number of allylic oxidation sites excluding steroid dienone is 1. The summed E-state index contributed by atoms with van der Waals surface area (Å²) in [6.45, 7) is 8.86. The van der Waals surface area contributed by atoms with E-state index in [-0.39, 0.29) is 36.4 Å². The van der Waals surface area contributed by atoms with Crippen molar-refractivity contribution >= 4 is 11.9 Å². The summed E-state index contributed by atoms with van der Waals surface area (Å²) in [5.41, 5.74) is 0.869. The number of aliphatic hydroxyl groups is 3. The zero-order valence-corrected chi connectivity index (χ0v) is 18.6. The number of rotatable bonds is 4. The molecule has 0 aromatic rings. The molecule has 1 saturated carbocycles. The van der Waals surface area contributed by atoms with Crippen LogP contribution in [0.4, 0.5) is 0 Å². The van der Waals surface area contributed by atoms with Crippen molar-refractivity contribution in [2.24, 2.45) is 17.8 Å². The molecule has 0 unspecified atom stereocenters. The van der Waals surface area contributed by atoms with Gasteiger partial charge in [0.25, 0.3) is 0 Å². The average molecular weight is 453 g/mol. The molecular formula is C23H32O9. The number of hydrogen-bond donors (Lipinski definition) is 3. The topological polar surface area (TPSA) is 132 Å². The summed E-state index contributed by atoms with van der Waals surface area (Å²) in [7, 11) is 0. The molecule has 2 heterocycles. The maximum atomic E-state index is 12.1. The van der Waals surface area contributed by atoms with Crippen LogP contribution in [0.25, 0.3) is 0 Å². The Kier molecular flexibility index (Phi) is 6.23. The first-order valence-corrected chi connectivity index (χ1v) is 11.1. The molecule has 0 spiro atoms. The van der Waals surface area contributed by atoms with Crippen molar-refractivity contribution in [1.82, 2.24) is 0 Å². The molecule has 2 aliphatic carbocycles. The van der Waals surface area contributed by atoms with E-state index in [1.165, 1.54) is 6.92 Å². The highest BCUT2D eigenvalue weighted by atomic mass is 16.7. The summed E-state index contributed by atoms with van der Waals surface area (Å²) in [6.07, 6.45) is -2.82.